The van der Waals surface area contributed by atoms with Crippen LogP contribution in [0, 0.1) is 0 Å². The summed E-state index contributed by atoms with van der Waals surface area (Å²) in [5, 5.41) is 9.45. The number of aromatic nitrogens is 2. The number of ether oxygens (including phenoxy) is 1. The van der Waals surface area contributed by atoms with Crippen molar-refractivity contribution in [2.75, 3.05) is 36.9 Å². The minimum Gasteiger partial charge on any atom is -0.399 e. The monoisotopic (exact) mass is 362 g/mol. The number of nitrogens with zero attached hydrogens (tertiary/aromatic N) is 3. The molecule has 0 amide bonds. The third kappa shape index (κ3) is 3.92. The molecule has 0 spiro atoms. The summed E-state index contributed by atoms with van der Waals surface area (Å²) in [6, 6.07) is 17.4. The number of hydrogen-bond donors (Lipinski definition) is 2. The van der Waals surface area contributed by atoms with E-state index in [-0.39, 0.29) is 6.61 Å². The predicted molar refractivity (Wildman–Crippen MR) is 106 cm³/mol. The summed E-state index contributed by atoms with van der Waals surface area (Å²) in [6.07, 6.45) is 0. The van der Waals surface area contributed by atoms with Crippen molar-refractivity contribution in [3.63, 3.8) is 0 Å². The molecule has 2 heterocycles. The van der Waals surface area contributed by atoms with Gasteiger partial charge in [0, 0.05) is 36.0 Å². The highest BCUT2D eigenvalue weighted by Gasteiger charge is 2.16. The molecule has 6 nitrogen and oxygen atoms in total. The molecule has 4 rings (SSSR count). The lowest BCUT2D eigenvalue weighted by Crippen LogP contribution is -2.36. The van der Waals surface area contributed by atoms with Crippen molar-refractivity contribution in [3.8, 4) is 22.6 Å². The summed E-state index contributed by atoms with van der Waals surface area (Å²) in [4.78, 5) is 11.8. The molecule has 0 aliphatic carbocycles. The quantitative estimate of drug-likeness (QED) is 0.694. The molecule has 1 saturated heterocycles. The van der Waals surface area contributed by atoms with Crippen molar-refractivity contribution >= 4 is 11.5 Å². The van der Waals surface area contributed by atoms with Gasteiger partial charge in [0.25, 0.3) is 0 Å². The number of benzene rings is 2. The van der Waals surface area contributed by atoms with Crippen LogP contribution in [0.5, 0.6) is 0 Å². The molecular formula is C21H22N4O2. The molecular weight excluding hydrogens is 340 g/mol. The smallest absolute Gasteiger partial charge is 0.162 e. The molecule has 0 unspecified atom stereocenters. The first-order chi connectivity index (χ1) is 13.2. The van der Waals surface area contributed by atoms with Gasteiger partial charge in [-0.1, -0.05) is 30.3 Å². The van der Waals surface area contributed by atoms with Crippen molar-refractivity contribution in [2.45, 2.75) is 6.61 Å². The normalized spacial score (nSPS) is 14.3. The Morgan fingerprint density at radius 1 is 0.963 bits per heavy atom. The second kappa shape index (κ2) is 7.73. The van der Waals surface area contributed by atoms with Gasteiger partial charge >= 0.3 is 0 Å². The van der Waals surface area contributed by atoms with E-state index in [0.717, 1.165) is 41.3 Å². The van der Waals surface area contributed by atoms with Crippen LogP contribution >= 0.6 is 0 Å². The Kier molecular flexibility index (Phi) is 5.00. The van der Waals surface area contributed by atoms with Crippen molar-refractivity contribution in [1.82, 2.24) is 9.97 Å². The molecule has 1 aromatic heterocycles. The molecule has 138 valence electrons. The molecule has 3 N–H and O–H groups in total. The lowest BCUT2D eigenvalue weighted by molar-refractivity contribution is 0.122. The van der Waals surface area contributed by atoms with Gasteiger partial charge in [0.1, 0.15) is 5.82 Å². The third-order valence-corrected chi connectivity index (χ3v) is 4.60. The van der Waals surface area contributed by atoms with Crippen molar-refractivity contribution in [3.05, 3.63) is 60.2 Å². The molecule has 2 aromatic carbocycles. The number of anilines is 2. The fourth-order valence-corrected chi connectivity index (χ4v) is 3.17. The molecule has 6 heteroatoms. The first-order valence-electron chi connectivity index (χ1n) is 9.01. The van der Waals surface area contributed by atoms with Crippen LogP contribution in [0.4, 0.5) is 11.5 Å². The number of nitrogen functional groups attached to an aromatic ring is 1. The van der Waals surface area contributed by atoms with Gasteiger partial charge in [-0.3, -0.25) is 0 Å². The zero-order valence-electron chi connectivity index (χ0n) is 15.0. The van der Waals surface area contributed by atoms with Crippen LogP contribution < -0.4 is 10.6 Å². The van der Waals surface area contributed by atoms with E-state index < -0.39 is 0 Å². The first kappa shape index (κ1) is 17.5. The van der Waals surface area contributed by atoms with Crippen LogP contribution in [0.2, 0.25) is 0 Å². The zero-order valence-corrected chi connectivity index (χ0v) is 15.0. The van der Waals surface area contributed by atoms with Crippen molar-refractivity contribution in [2.24, 2.45) is 0 Å². The minimum atomic E-state index is -0.0148. The van der Waals surface area contributed by atoms with Gasteiger partial charge in [-0.2, -0.15) is 0 Å². The van der Waals surface area contributed by atoms with Crippen LogP contribution in [0.15, 0.2) is 54.6 Å². The van der Waals surface area contributed by atoms with Gasteiger partial charge in [-0.05, 0) is 23.8 Å². The van der Waals surface area contributed by atoms with Gasteiger partial charge in [-0.15, -0.1) is 0 Å². The lowest BCUT2D eigenvalue weighted by Gasteiger charge is -2.28. The van der Waals surface area contributed by atoms with E-state index >= 15 is 0 Å². The highest BCUT2D eigenvalue weighted by atomic mass is 16.5. The predicted octanol–water partition coefficient (Wildman–Crippen LogP) is 2.72. The van der Waals surface area contributed by atoms with E-state index in [1.165, 1.54) is 0 Å². The Bertz CT molecular complexity index is 939. The topological polar surface area (TPSA) is 84.5 Å². The molecule has 0 atom stereocenters. The summed E-state index contributed by atoms with van der Waals surface area (Å²) in [5.41, 5.74) is 10.1. The summed E-state index contributed by atoms with van der Waals surface area (Å²) in [7, 11) is 0. The fraction of sp³-hybridized carbons (Fsp3) is 0.238. The average Bonchev–Trinajstić information content (AvgIpc) is 2.74. The Morgan fingerprint density at radius 3 is 2.52 bits per heavy atom. The number of nitrogens with two attached hydrogens (primary N) is 1. The maximum Gasteiger partial charge on any atom is 0.162 e. The van der Waals surface area contributed by atoms with E-state index in [1.807, 2.05) is 54.6 Å². The number of hydrogen-bond acceptors (Lipinski definition) is 6. The summed E-state index contributed by atoms with van der Waals surface area (Å²) in [5.74, 6) is 1.50. The standard InChI is InChI=1S/C21H22N4O2/c22-18-6-2-4-16(12-18)19-13-20(25-7-9-27-10-8-25)24-21(23-19)17-5-1-3-15(11-17)14-26/h1-6,11-13,26H,7-10,14,22H2. The molecule has 1 aliphatic rings. The fourth-order valence-electron chi connectivity index (χ4n) is 3.17. The van der Waals surface area contributed by atoms with Crippen LogP contribution in [0.25, 0.3) is 22.6 Å². The summed E-state index contributed by atoms with van der Waals surface area (Å²) in [6.45, 7) is 2.95. The average molecular weight is 362 g/mol. The van der Waals surface area contributed by atoms with E-state index in [4.69, 9.17) is 20.4 Å². The van der Waals surface area contributed by atoms with E-state index in [9.17, 15) is 5.11 Å². The van der Waals surface area contributed by atoms with Crippen LogP contribution in [0.1, 0.15) is 5.56 Å². The highest BCUT2D eigenvalue weighted by molar-refractivity contribution is 5.70. The highest BCUT2D eigenvalue weighted by Crippen LogP contribution is 2.28. The van der Waals surface area contributed by atoms with Crippen LogP contribution in [0.3, 0.4) is 0 Å². The van der Waals surface area contributed by atoms with Gasteiger partial charge in [0.15, 0.2) is 5.82 Å². The third-order valence-electron chi connectivity index (χ3n) is 4.60. The van der Waals surface area contributed by atoms with Crippen molar-refractivity contribution in [1.29, 1.82) is 0 Å². The molecule has 0 radical (unpaired) electrons. The van der Waals surface area contributed by atoms with E-state index in [0.29, 0.717) is 24.7 Å². The van der Waals surface area contributed by atoms with Gasteiger partial charge in [-0.25, -0.2) is 9.97 Å². The van der Waals surface area contributed by atoms with Gasteiger partial charge < -0.3 is 20.5 Å². The number of aliphatic hydroxyl groups is 1. The van der Waals surface area contributed by atoms with E-state index in [1.54, 1.807) is 0 Å². The van der Waals surface area contributed by atoms with E-state index in [2.05, 4.69) is 4.90 Å². The van der Waals surface area contributed by atoms with Crippen molar-refractivity contribution < 1.29 is 9.84 Å². The summed E-state index contributed by atoms with van der Waals surface area (Å²) < 4.78 is 5.47. The van der Waals surface area contributed by atoms with Crippen LogP contribution in [-0.4, -0.2) is 41.4 Å². The first-order valence-corrected chi connectivity index (χ1v) is 9.01. The second-order valence-electron chi connectivity index (χ2n) is 6.52. The zero-order chi connectivity index (χ0) is 18.6. The Balaban J connectivity index is 1.83. The summed E-state index contributed by atoms with van der Waals surface area (Å²) >= 11 is 0. The molecule has 1 aliphatic heterocycles. The van der Waals surface area contributed by atoms with Gasteiger partial charge in [0.05, 0.1) is 25.5 Å². The second-order valence-corrected chi connectivity index (χ2v) is 6.52. The number of rotatable bonds is 4. The maximum atomic E-state index is 9.45. The lowest BCUT2D eigenvalue weighted by atomic mass is 10.1. The Labute approximate surface area is 158 Å². The molecule has 0 bridgehead atoms. The maximum absolute atomic E-state index is 9.45. The largest absolute Gasteiger partial charge is 0.399 e. The number of morpholine rings is 1. The molecule has 27 heavy (non-hydrogen) atoms. The molecule has 3 aromatic rings. The Hall–Kier alpha value is -2.96. The van der Waals surface area contributed by atoms with Gasteiger partial charge in [0.2, 0.25) is 0 Å². The molecule has 0 saturated carbocycles. The SMILES string of the molecule is Nc1cccc(-c2cc(N3CCOCC3)nc(-c3cccc(CO)c3)n2)c1. The number of aliphatic hydroxyl groups excluding tert-OH is 1. The minimum absolute atomic E-state index is 0.0148. The van der Waals surface area contributed by atoms with Crippen LogP contribution in [-0.2, 0) is 11.3 Å². The molecule has 1 fully saturated rings. The Morgan fingerprint density at radius 2 is 1.74 bits per heavy atom.